The van der Waals surface area contributed by atoms with Crippen LogP contribution in [-0.2, 0) is 4.65 Å². The first kappa shape index (κ1) is 23.1. The largest absolute Gasteiger partial charge is 0.427 e. The van der Waals surface area contributed by atoms with E-state index in [1.807, 2.05) is 56.5 Å². The second-order valence-electron chi connectivity index (χ2n) is 9.01. The molecule has 2 aromatic carbocycles. The van der Waals surface area contributed by atoms with Crippen LogP contribution >= 0.6 is 0 Å². The molecule has 0 aliphatic carbocycles. The smallest absolute Gasteiger partial charge is 0.309 e. The Morgan fingerprint density at radius 3 is 2.39 bits per heavy atom. The van der Waals surface area contributed by atoms with Crippen LogP contribution in [0.2, 0.25) is 0 Å². The van der Waals surface area contributed by atoms with Gasteiger partial charge in [0.1, 0.15) is 0 Å². The molecule has 2 aromatic rings. The van der Waals surface area contributed by atoms with Crippen LogP contribution in [0.15, 0.2) is 84.7 Å². The maximum atomic E-state index is 10.2. The van der Waals surface area contributed by atoms with E-state index in [2.05, 4.69) is 41.7 Å². The molecule has 0 saturated carbocycles. The summed E-state index contributed by atoms with van der Waals surface area (Å²) in [5, 5.41) is 13.6. The number of aliphatic hydroxyl groups is 1. The van der Waals surface area contributed by atoms with Gasteiger partial charge in [-0.2, -0.15) is 0 Å². The highest BCUT2D eigenvalue weighted by molar-refractivity contribution is 6.47. The van der Waals surface area contributed by atoms with Crippen LogP contribution in [0, 0.1) is 0 Å². The van der Waals surface area contributed by atoms with Gasteiger partial charge >= 0.3 is 7.48 Å². The lowest BCUT2D eigenvalue weighted by Gasteiger charge is -2.37. The lowest BCUT2D eigenvalue weighted by Crippen LogP contribution is -2.49. The molecule has 4 nitrogen and oxygen atoms in total. The second kappa shape index (κ2) is 9.69. The average molecular weight is 416 g/mol. The van der Waals surface area contributed by atoms with Crippen LogP contribution in [0.4, 0.5) is 0 Å². The molecule has 0 radical (unpaired) electrons. The van der Waals surface area contributed by atoms with Crippen LogP contribution in [0.5, 0.6) is 0 Å². The van der Waals surface area contributed by atoms with Gasteiger partial charge in [-0.1, -0.05) is 72.2 Å². The fourth-order valence-corrected chi connectivity index (χ4v) is 3.17. The van der Waals surface area contributed by atoms with E-state index >= 15 is 0 Å². The molecule has 1 aliphatic rings. The van der Waals surface area contributed by atoms with Crippen molar-refractivity contribution in [1.82, 2.24) is 5.32 Å². The van der Waals surface area contributed by atoms with Crippen molar-refractivity contribution in [3.8, 4) is 0 Å². The fraction of sp³-hybridized carbons (Fsp3) is 0.308. The number of benzene rings is 2. The molecule has 0 spiro atoms. The fourth-order valence-electron chi connectivity index (χ4n) is 3.17. The summed E-state index contributed by atoms with van der Waals surface area (Å²) in [6, 6.07) is 18.4. The van der Waals surface area contributed by atoms with Crippen molar-refractivity contribution in [1.29, 1.82) is 0 Å². The van der Waals surface area contributed by atoms with E-state index < -0.39 is 11.2 Å². The number of dihydropyridines is 1. The maximum absolute atomic E-state index is 10.2. The standard InChI is InChI=1S/C26H33BN2O2/c1-25(2,30)26(3,4)31-27-21-14-12-20(13-15-21)23(28)16-17-24-22(11-8-18-29-24)19-9-6-5-7-10-19/h5-15,17-18,23,27,29-30H,16,28H2,1-4H3/b24-17+/t23-/m0/s1. The lowest BCUT2D eigenvalue weighted by atomic mass is 9.82. The molecule has 0 bridgehead atoms. The number of hydrogen-bond acceptors (Lipinski definition) is 4. The Hall–Kier alpha value is -2.60. The molecule has 1 aliphatic heterocycles. The topological polar surface area (TPSA) is 67.5 Å². The number of allylic oxidation sites excluding steroid dienone is 3. The van der Waals surface area contributed by atoms with Crippen LogP contribution in [0.1, 0.15) is 51.3 Å². The van der Waals surface area contributed by atoms with Gasteiger partial charge in [-0.05, 0) is 51.3 Å². The summed E-state index contributed by atoms with van der Waals surface area (Å²) in [6.45, 7) is 7.33. The third-order valence-corrected chi connectivity index (χ3v) is 6.03. The van der Waals surface area contributed by atoms with E-state index in [9.17, 15) is 5.11 Å². The van der Waals surface area contributed by atoms with Gasteiger partial charge in [-0.3, -0.25) is 0 Å². The van der Waals surface area contributed by atoms with E-state index in [1.165, 1.54) is 5.56 Å². The molecule has 162 valence electrons. The van der Waals surface area contributed by atoms with Gasteiger partial charge in [-0.15, -0.1) is 0 Å². The molecule has 0 unspecified atom stereocenters. The van der Waals surface area contributed by atoms with Crippen LogP contribution in [0.25, 0.3) is 5.57 Å². The van der Waals surface area contributed by atoms with Crippen molar-refractivity contribution >= 4 is 18.5 Å². The molecule has 3 rings (SSSR count). The molecular formula is C26H33BN2O2. The monoisotopic (exact) mass is 416 g/mol. The summed E-state index contributed by atoms with van der Waals surface area (Å²) in [5.41, 5.74) is 10.5. The maximum Gasteiger partial charge on any atom is 0.309 e. The van der Waals surface area contributed by atoms with Crippen molar-refractivity contribution < 1.29 is 9.76 Å². The number of nitrogens with one attached hydrogen (secondary N) is 1. The molecule has 0 amide bonds. The normalized spacial score (nSPS) is 16.6. The highest BCUT2D eigenvalue weighted by Gasteiger charge is 2.35. The van der Waals surface area contributed by atoms with Gasteiger partial charge in [0.25, 0.3) is 0 Å². The SMILES string of the molecule is CC(C)(O)C(C)(C)OBc1ccc([C@@H](N)C/C=C2/NC=CC=C2c2ccccc2)cc1. The van der Waals surface area contributed by atoms with Crippen molar-refractivity contribution in [2.45, 2.75) is 51.4 Å². The molecule has 31 heavy (non-hydrogen) atoms. The second-order valence-corrected chi connectivity index (χ2v) is 9.01. The van der Waals surface area contributed by atoms with Gasteiger partial charge in [0.2, 0.25) is 0 Å². The van der Waals surface area contributed by atoms with Gasteiger partial charge in [0, 0.05) is 23.5 Å². The first-order valence-electron chi connectivity index (χ1n) is 10.8. The van der Waals surface area contributed by atoms with Gasteiger partial charge in [0.15, 0.2) is 0 Å². The third kappa shape index (κ3) is 5.98. The van der Waals surface area contributed by atoms with Crippen LogP contribution in [-0.4, -0.2) is 23.8 Å². The minimum atomic E-state index is -0.918. The van der Waals surface area contributed by atoms with Gasteiger partial charge < -0.3 is 20.8 Å². The summed E-state index contributed by atoms with van der Waals surface area (Å²) < 4.78 is 5.95. The minimum absolute atomic E-state index is 0.0972. The van der Waals surface area contributed by atoms with E-state index in [4.69, 9.17) is 10.4 Å². The van der Waals surface area contributed by atoms with Crippen LogP contribution in [0.3, 0.4) is 0 Å². The predicted octanol–water partition coefficient (Wildman–Crippen LogP) is 3.70. The summed E-state index contributed by atoms with van der Waals surface area (Å²) in [4.78, 5) is 0. The lowest BCUT2D eigenvalue weighted by molar-refractivity contribution is -0.0893. The Labute approximate surface area is 186 Å². The van der Waals surface area contributed by atoms with Gasteiger partial charge in [0.05, 0.1) is 11.2 Å². The van der Waals surface area contributed by atoms with E-state index in [0.717, 1.165) is 28.7 Å². The quantitative estimate of drug-likeness (QED) is 0.574. The Kier molecular flexibility index (Phi) is 7.21. The number of rotatable bonds is 8. The highest BCUT2D eigenvalue weighted by atomic mass is 16.5. The van der Waals surface area contributed by atoms with E-state index in [1.54, 1.807) is 13.8 Å². The Bertz CT molecular complexity index is 955. The Balaban J connectivity index is 1.62. The zero-order chi connectivity index (χ0) is 22.5. The number of nitrogens with two attached hydrogens (primary N) is 1. The molecule has 0 aromatic heterocycles. The molecule has 5 heteroatoms. The molecule has 1 atom stereocenters. The van der Waals surface area contributed by atoms with Crippen molar-refractivity contribution in [2.24, 2.45) is 5.73 Å². The Morgan fingerprint density at radius 2 is 1.74 bits per heavy atom. The van der Waals surface area contributed by atoms with Crippen molar-refractivity contribution in [2.75, 3.05) is 0 Å². The van der Waals surface area contributed by atoms with E-state index in [0.29, 0.717) is 7.48 Å². The Morgan fingerprint density at radius 1 is 1.06 bits per heavy atom. The zero-order valence-electron chi connectivity index (χ0n) is 18.9. The zero-order valence-corrected chi connectivity index (χ0v) is 18.9. The predicted molar refractivity (Wildman–Crippen MR) is 131 cm³/mol. The first-order valence-corrected chi connectivity index (χ1v) is 10.8. The molecule has 0 fully saturated rings. The van der Waals surface area contributed by atoms with E-state index in [-0.39, 0.29) is 6.04 Å². The highest BCUT2D eigenvalue weighted by Crippen LogP contribution is 2.26. The summed E-state index contributed by atoms with van der Waals surface area (Å²) in [7, 11) is 0.443. The van der Waals surface area contributed by atoms with Gasteiger partial charge in [-0.25, -0.2) is 0 Å². The molecule has 1 heterocycles. The van der Waals surface area contributed by atoms with Crippen molar-refractivity contribution in [3.63, 3.8) is 0 Å². The minimum Gasteiger partial charge on any atom is -0.427 e. The molecule has 0 saturated heterocycles. The van der Waals surface area contributed by atoms with Crippen molar-refractivity contribution in [3.05, 3.63) is 95.8 Å². The first-order chi connectivity index (χ1) is 14.7. The molecule has 4 N–H and O–H groups in total. The average Bonchev–Trinajstić information content (AvgIpc) is 2.76. The van der Waals surface area contributed by atoms with Crippen LogP contribution < -0.4 is 16.5 Å². The third-order valence-electron chi connectivity index (χ3n) is 6.03. The number of hydrogen-bond donors (Lipinski definition) is 3. The summed E-state index contributed by atoms with van der Waals surface area (Å²) >= 11 is 0. The summed E-state index contributed by atoms with van der Waals surface area (Å²) in [5.74, 6) is 0. The molecular weight excluding hydrogens is 383 g/mol. The summed E-state index contributed by atoms with van der Waals surface area (Å²) in [6.07, 6.45) is 8.96.